The number of ether oxygens (including phenoxy) is 1. The Morgan fingerprint density at radius 3 is 2.42 bits per heavy atom. The van der Waals surface area contributed by atoms with E-state index in [-0.39, 0.29) is 17.8 Å². The molecule has 0 aliphatic rings. The van der Waals surface area contributed by atoms with Crippen molar-refractivity contribution < 1.29 is 18.1 Å². The molecular formula is C23H21BrFN3O3. The van der Waals surface area contributed by atoms with Gasteiger partial charge in [0.15, 0.2) is 6.10 Å². The van der Waals surface area contributed by atoms with Crippen LogP contribution in [0.1, 0.15) is 51.0 Å². The van der Waals surface area contributed by atoms with Gasteiger partial charge in [-0.3, -0.25) is 0 Å². The summed E-state index contributed by atoms with van der Waals surface area (Å²) in [5, 5.41) is 4.02. The van der Waals surface area contributed by atoms with Crippen molar-refractivity contribution in [2.75, 3.05) is 0 Å². The Morgan fingerprint density at radius 2 is 1.77 bits per heavy atom. The molecule has 0 aliphatic heterocycles. The summed E-state index contributed by atoms with van der Waals surface area (Å²) in [7, 11) is 0. The van der Waals surface area contributed by atoms with Gasteiger partial charge in [-0.2, -0.15) is 4.98 Å². The van der Waals surface area contributed by atoms with E-state index in [0.29, 0.717) is 45.5 Å². The van der Waals surface area contributed by atoms with Gasteiger partial charge in [0.05, 0.1) is 4.47 Å². The molecule has 0 amide bonds. The van der Waals surface area contributed by atoms with Crippen LogP contribution in [0.15, 0.2) is 62.1 Å². The zero-order valence-corrected chi connectivity index (χ0v) is 18.9. The molecule has 0 bridgehead atoms. The lowest BCUT2D eigenvalue weighted by atomic mass is 10.2. The first-order chi connectivity index (χ1) is 14.9. The molecule has 4 aromatic rings. The van der Waals surface area contributed by atoms with Gasteiger partial charge in [-0.1, -0.05) is 32.0 Å². The monoisotopic (exact) mass is 485 g/mol. The number of halogens is 2. The number of rotatable bonds is 7. The fraction of sp³-hybridized carbons (Fsp3) is 0.261. The minimum Gasteiger partial charge on any atom is -0.481 e. The lowest BCUT2D eigenvalue weighted by Crippen LogP contribution is -2.06. The van der Waals surface area contributed by atoms with Gasteiger partial charge in [0.25, 0.3) is 0 Å². The second kappa shape index (κ2) is 9.01. The molecule has 0 spiro atoms. The normalized spacial score (nSPS) is 12.3. The Hall–Kier alpha value is -3.00. The van der Waals surface area contributed by atoms with Gasteiger partial charge in [0, 0.05) is 17.0 Å². The van der Waals surface area contributed by atoms with Crippen LogP contribution in [0.4, 0.5) is 4.39 Å². The number of benzene rings is 2. The molecule has 1 atom stereocenters. The third-order valence-electron chi connectivity index (χ3n) is 4.71. The summed E-state index contributed by atoms with van der Waals surface area (Å²) in [6.45, 7) is 5.98. The van der Waals surface area contributed by atoms with Crippen molar-refractivity contribution in [2.24, 2.45) is 0 Å². The van der Waals surface area contributed by atoms with E-state index in [9.17, 15) is 4.39 Å². The largest absolute Gasteiger partial charge is 0.481 e. The average Bonchev–Trinajstić information content (AvgIpc) is 3.45. The number of nitrogens with zero attached hydrogens (tertiary/aromatic N) is 3. The predicted molar refractivity (Wildman–Crippen MR) is 117 cm³/mol. The van der Waals surface area contributed by atoms with Crippen molar-refractivity contribution >= 4 is 15.9 Å². The maximum atomic E-state index is 13.8. The zero-order chi connectivity index (χ0) is 22.0. The van der Waals surface area contributed by atoms with Crippen LogP contribution in [0.25, 0.3) is 22.6 Å². The molecule has 160 valence electrons. The molecule has 1 unspecified atom stereocenters. The van der Waals surface area contributed by atoms with Gasteiger partial charge in [0.1, 0.15) is 23.5 Å². The van der Waals surface area contributed by atoms with E-state index < -0.39 is 0 Å². The van der Waals surface area contributed by atoms with E-state index in [1.54, 1.807) is 12.1 Å². The highest BCUT2D eigenvalue weighted by molar-refractivity contribution is 9.10. The van der Waals surface area contributed by atoms with Crippen molar-refractivity contribution in [3.05, 3.63) is 70.8 Å². The molecular weight excluding hydrogens is 465 g/mol. The summed E-state index contributed by atoms with van der Waals surface area (Å²) >= 11 is 3.15. The highest BCUT2D eigenvalue weighted by atomic mass is 79.9. The summed E-state index contributed by atoms with van der Waals surface area (Å²) in [4.78, 5) is 8.90. The van der Waals surface area contributed by atoms with Gasteiger partial charge >= 0.3 is 0 Å². The third-order valence-corrected chi connectivity index (χ3v) is 5.35. The molecule has 31 heavy (non-hydrogen) atoms. The Kier molecular flexibility index (Phi) is 6.18. The summed E-state index contributed by atoms with van der Waals surface area (Å²) in [6, 6.07) is 12.3. The number of hydrogen-bond donors (Lipinski definition) is 0. The summed E-state index contributed by atoms with van der Waals surface area (Å²) < 4.78 is 31.2. The number of oxazole rings is 1. The quantitative estimate of drug-likeness (QED) is 0.282. The molecule has 0 radical (unpaired) electrons. The Bertz CT molecular complexity index is 1170. The van der Waals surface area contributed by atoms with Gasteiger partial charge in [0.2, 0.25) is 17.6 Å². The fourth-order valence-corrected chi connectivity index (χ4v) is 3.21. The van der Waals surface area contributed by atoms with Crippen LogP contribution in [0.2, 0.25) is 0 Å². The second-order valence-corrected chi connectivity index (χ2v) is 8.20. The lowest BCUT2D eigenvalue weighted by Gasteiger charge is -2.14. The van der Waals surface area contributed by atoms with Crippen molar-refractivity contribution in [1.29, 1.82) is 0 Å². The summed E-state index contributed by atoms with van der Waals surface area (Å²) in [5.74, 6) is 2.07. The average molecular weight is 486 g/mol. The molecule has 0 saturated heterocycles. The van der Waals surface area contributed by atoms with Gasteiger partial charge in [-0.25, -0.2) is 9.37 Å². The highest BCUT2D eigenvalue weighted by Crippen LogP contribution is 2.30. The Balaban J connectivity index is 1.49. The van der Waals surface area contributed by atoms with Crippen LogP contribution in [-0.2, 0) is 0 Å². The second-order valence-electron chi connectivity index (χ2n) is 7.35. The van der Waals surface area contributed by atoms with Gasteiger partial charge in [-0.05, 0) is 58.7 Å². The molecule has 0 saturated carbocycles. The zero-order valence-electron chi connectivity index (χ0n) is 17.3. The molecule has 8 heteroatoms. The minimum atomic E-state index is -0.377. The molecule has 2 aromatic heterocycles. The minimum absolute atomic E-state index is 0.175. The van der Waals surface area contributed by atoms with Gasteiger partial charge < -0.3 is 13.7 Å². The SMILES string of the molecule is CCC(Oc1ccc(-c2noc(C(C)C)n2)cc1)c1nc(-c2ccc(Br)c(F)c2)co1. The van der Waals surface area contributed by atoms with Crippen LogP contribution in [-0.4, -0.2) is 15.1 Å². The van der Waals surface area contributed by atoms with Crippen LogP contribution < -0.4 is 4.74 Å². The Labute approximate surface area is 187 Å². The molecule has 0 fully saturated rings. The highest BCUT2D eigenvalue weighted by Gasteiger charge is 2.19. The van der Waals surface area contributed by atoms with Crippen molar-refractivity contribution in [3.63, 3.8) is 0 Å². The topological polar surface area (TPSA) is 74.2 Å². The summed E-state index contributed by atoms with van der Waals surface area (Å²) in [6.07, 6.45) is 1.78. The van der Waals surface area contributed by atoms with Crippen LogP contribution >= 0.6 is 15.9 Å². The lowest BCUT2D eigenvalue weighted by molar-refractivity contribution is 0.165. The number of aromatic nitrogens is 3. The first kappa shape index (κ1) is 21.2. The van der Waals surface area contributed by atoms with Crippen molar-refractivity contribution in [1.82, 2.24) is 15.1 Å². The molecule has 0 aliphatic carbocycles. The maximum Gasteiger partial charge on any atom is 0.236 e. The predicted octanol–water partition coefficient (Wildman–Crippen LogP) is 6.95. The first-order valence-electron chi connectivity index (χ1n) is 9.96. The van der Waals surface area contributed by atoms with E-state index in [2.05, 4.69) is 31.1 Å². The number of hydrogen-bond acceptors (Lipinski definition) is 6. The first-order valence-corrected chi connectivity index (χ1v) is 10.8. The third kappa shape index (κ3) is 4.69. The van der Waals surface area contributed by atoms with Gasteiger partial charge in [-0.15, -0.1) is 0 Å². The standard InChI is InChI=1S/C23H21BrFN3O3/c1-4-20(23-26-19(12-29-23)15-7-10-17(24)18(25)11-15)30-16-8-5-14(6-9-16)21-27-22(13(2)3)31-28-21/h5-13,20H,4H2,1-3H3. The van der Waals surface area contributed by atoms with Crippen molar-refractivity contribution in [3.8, 4) is 28.4 Å². The Morgan fingerprint density at radius 1 is 1.03 bits per heavy atom. The van der Waals surface area contributed by atoms with Crippen molar-refractivity contribution in [2.45, 2.75) is 39.2 Å². The maximum absolute atomic E-state index is 13.8. The molecule has 2 aromatic carbocycles. The van der Waals surface area contributed by atoms with Crippen LogP contribution in [0.3, 0.4) is 0 Å². The van der Waals surface area contributed by atoms with Crippen LogP contribution in [0, 0.1) is 5.82 Å². The van der Waals surface area contributed by atoms with E-state index in [1.165, 1.54) is 12.3 Å². The van der Waals surface area contributed by atoms with E-state index in [4.69, 9.17) is 13.7 Å². The molecule has 6 nitrogen and oxygen atoms in total. The smallest absolute Gasteiger partial charge is 0.236 e. The van der Waals surface area contributed by atoms with E-state index in [1.807, 2.05) is 45.0 Å². The summed E-state index contributed by atoms with van der Waals surface area (Å²) in [5.41, 5.74) is 2.03. The van der Waals surface area contributed by atoms with E-state index in [0.717, 1.165) is 5.56 Å². The molecule has 2 heterocycles. The fourth-order valence-electron chi connectivity index (χ4n) is 2.97. The molecule has 0 N–H and O–H groups in total. The molecule has 4 rings (SSSR count). The van der Waals surface area contributed by atoms with E-state index >= 15 is 0 Å². The van der Waals surface area contributed by atoms with Crippen LogP contribution in [0.5, 0.6) is 5.75 Å².